The Morgan fingerprint density at radius 3 is 2.74 bits per heavy atom. The number of aliphatic carboxylic acids is 1. The lowest BCUT2D eigenvalue weighted by molar-refractivity contribution is -0.139. The maximum Gasteiger partial charge on any atom is 0.305 e. The largest absolute Gasteiger partial charge is 0.481 e. The van der Waals surface area contributed by atoms with Crippen molar-refractivity contribution in [1.82, 2.24) is 10.6 Å². The van der Waals surface area contributed by atoms with Gasteiger partial charge in [0.15, 0.2) is 0 Å². The molecule has 0 saturated carbocycles. The molecule has 1 atom stereocenters. The first-order chi connectivity index (χ1) is 8.92. The van der Waals surface area contributed by atoms with Crippen molar-refractivity contribution >= 4 is 5.97 Å². The van der Waals surface area contributed by atoms with Gasteiger partial charge < -0.3 is 15.7 Å². The Labute approximate surface area is 112 Å². The first-order valence-electron chi connectivity index (χ1n) is 6.38. The van der Waals surface area contributed by atoms with Gasteiger partial charge in [-0.3, -0.25) is 4.79 Å². The molecule has 5 heteroatoms. The molecule has 1 fully saturated rings. The Morgan fingerprint density at radius 1 is 1.58 bits per heavy atom. The van der Waals surface area contributed by atoms with Gasteiger partial charge in [-0.2, -0.15) is 0 Å². The fourth-order valence-electron chi connectivity index (χ4n) is 2.42. The Hall–Kier alpha value is -1.46. The molecule has 1 aliphatic heterocycles. The van der Waals surface area contributed by atoms with E-state index in [0.717, 1.165) is 5.56 Å². The lowest BCUT2D eigenvalue weighted by Crippen LogP contribution is -2.68. The van der Waals surface area contributed by atoms with Crippen molar-refractivity contribution in [2.45, 2.75) is 31.8 Å². The molecule has 19 heavy (non-hydrogen) atoms. The highest BCUT2D eigenvalue weighted by molar-refractivity contribution is 5.68. The van der Waals surface area contributed by atoms with Crippen LogP contribution < -0.4 is 10.6 Å². The van der Waals surface area contributed by atoms with Crippen molar-refractivity contribution in [3.05, 3.63) is 35.1 Å². The summed E-state index contributed by atoms with van der Waals surface area (Å²) in [4.78, 5) is 10.9. The van der Waals surface area contributed by atoms with Gasteiger partial charge in [0, 0.05) is 19.1 Å². The van der Waals surface area contributed by atoms with Gasteiger partial charge in [0.05, 0.1) is 12.0 Å². The predicted octanol–water partition coefficient (Wildman–Crippen LogP) is 1.60. The zero-order valence-electron chi connectivity index (χ0n) is 11.2. The first kappa shape index (κ1) is 14.0. The summed E-state index contributed by atoms with van der Waals surface area (Å²) in [5.41, 5.74) is 1.02. The first-order valence-corrected chi connectivity index (χ1v) is 6.38. The number of hydrogen-bond acceptors (Lipinski definition) is 3. The van der Waals surface area contributed by atoms with E-state index in [1.54, 1.807) is 13.0 Å². The highest BCUT2D eigenvalue weighted by atomic mass is 19.1. The van der Waals surface area contributed by atoms with Crippen LogP contribution in [-0.2, 0) is 4.79 Å². The molecule has 1 aromatic rings. The number of aryl methyl sites for hydroxylation is 1. The fraction of sp³-hybridized carbons (Fsp3) is 0.500. The van der Waals surface area contributed by atoms with Crippen LogP contribution in [-0.4, -0.2) is 29.7 Å². The van der Waals surface area contributed by atoms with E-state index in [0.29, 0.717) is 18.7 Å². The van der Waals surface area contributed by atoms with E-state index in [9.17, 15) is 9.18 Å². The number of carbonyl (C=O) groups is 1. The number of benzene rings is 1. The van der Waals surface area contributed by atoms with E-state index in [4.69, 9.17) is 5.11 Å². The maximum atomic E-state index is 13.5. The summed E-state index contributed by atoms with van der Waals surface area (Å²) < 4.78 is 13.5. The number of rotatable bonds is 5. The molecule has 0 aliphatic carbocycles. The third kappa shape index (κ3) is 3.11. The van der Waals surface area contributed by atoms with Crippen LogP contribution in [0.3, 0.4) is 0 Å². The Bertz CT molecular complexity index is 486. The number of nitrogens with one attached hydrogen (secondary N) is 2. The average molecular weight is 266 g/mol. The van der Waals surface area contributed by atoms with E-state index < -0.39 is 11.5 Å². The number of hydrogen-bond donors (Lipinski definition) is 3. The Morgan fingerprint density at radius 2 is 2.26 bits per heavy atom. The monoisotopic (exact) mass is 266 g/mol. The third-order valence-electron chi connectivity index (χ3n) is 3.63. The molecule has 1 aromatic carbocycles. The van der Waals surface area contributed by atoms with Crippen LogP contribution in [0.4, 0.5) is 4.39 Å². The smallest absolute Gasteiger partial charge is 0.305 e. The summed E-state index contributed by atoms with van der Waals surface area (Å²) in [5.74, 6) is -1.05. The second-order valence-corrected chi connectivity index (χ2v) is 5.33. The average Bonchev–Trinajstić information content (AvgIpc) is 2.29. The molecule has 0 radical (unpaired) electrons. The van der Waals surface area contributed by atoms with Gasteiger partial charge in [-0.15, -0.1) is 0 Å². The second-order valence-electron chi connectivity index (χ2n) is 5.33. The normalized spacial score (nSPS) is 18.7. The van der Waals surface area contributed by atoms with Crippen LogP contribution in [0.2, 0.25) is 0 Å². The molecule has 1 aliphatic rings. The fourth-order valence-corrected chi connectivity index (χ4v) is 2.42. The number of halogens is 1. The molecule has 2 rings (SSSR count). The number of carboxylic acids is 1. The lowest BCUT2D eigenvalue weighted by atomic mass is 9.87. The summed E-state index contributed by atoms with van der Waals surface area (Å²) in [7, 11) is 0. The van der Waals surface area contributed by atoms with Gasteiger partial charge >= 0.3 is 5.97 Å². The lowest BCUT2D eigenvalue weighted by Gasteiger charge is -2.44. The van der Waals surface area contributed by atoms with Crippen LogP contribution in [0.25, 0.3) is 0 Å². The molecule has 104 valence electrons. The highest BCUT2D eigenvalue weighted by Gasteiger charge is 2.39. The van der Waals surface area contributed by atoms with Crippen LogP contribution in [0.5, 0.6) is 0 Å². The van der Waals surface area contributed by atoms with Gasteiger partial charge in [-0.25, -0.2) is 4.39 Å². The molecule has 1 unspecified atom stereocenters. The van der Waals surface area contributed by atoms with Crippen molar-refractivity contribution in [2.75, 3.05) is 13.1 Å². The molecule has 1 saturated heterocycles. The standard InChI is InChI=1S/C14H19FN2O2/c1-9-3-4-11(5-12(9)15)10(2)17-14(6-13(18)19)7-16-8-14/h3-5,10,16-17H,6-8H2,1-2H3,(H,18,19). The van der Waals surface area contributed by atoms with Crippen molar-refractivity contribution in [3.8, 4) is 0 Å². The van der Waals surface area contributed by atoms with Gasteiger partial charge in [-0.05, 0) is 31.0 Å². The molecule has 4 nitrogen and oxygen atoms in total. The quantitative estimate of drug-likeness (QED) is 0.757. The van der Waals surface area contributed by atoms with Crippen molar-refractivity contribution in [1.29, 1.82) is 0 Å². The van der Waals surface area contributed by atoms with Crippen molar-refractivity contribution in [3.63, 3.8) is 0 Å². The molecular weight excluding hydrogens is 247 g/mol. The van der Waals surface area contributed by atoms with Crippen molar-refractivity contribution < 1.29 is 14.3 Å². The molecule has 1 heterocycles. The minimum Gasteiger partial charge on any atom is -0.481 e. The summed E-state index contributed by atoms with van der Waals surface area (Å²) in [6, 6.07) is 5.03. The van der Waals surface area contributed by atoms with E-state index >= 15 is 0 Å². The molecule has 0 bridgehead atoms. The van der Waals surface area contributed by atoms with Gasteiger partial charge in [-0.1, -0.05) is 12.1 Å². The topological polar surface area (TPSA) is 61.4 Å². The second kappa shape index (κ2) is 5.27. The Balaban J connectivity index is 2.09. The molecule has 0 aromatic heterocycles. The van der Waals surface area contributed by atoms with Gasteiger partial charge in [0.1, 0.15) is 5.82 Å². The zero-order chi connectivity index (χ0) is 14.0. The van der Waals surface area contributed by atoms with Crippen molar-refractivity contribution in [2.24, 2.45) is 0 Å². The minimum atomic E-state index is -0.823. The van der Waals surface area contributed by atoms with E-state index in [-0.39, 0.29) is 18.3 Å². The minimum absolute atomic E-state index is 0.0681. The van der Waals surface area contributed by atoms with Crippen LogP contribution in [0.15, 0.2) is 18.2 Å². The molecule has 0 spiro atoms. The summed E-state index contributed by atoms with van der Waals surface area (Å²) in [5, 5.41) is 15.3. The SMILES string of the molecule is Cc1ccc(C(C)NC2(CC(=O)O)CNC2)cc1F. The third-order valence-corrected chi connectivity index (χ3v) is 3.63. The molecule has 0 amide bonds. The van der Waals surface area contributed by atoms with Gasteiger partial charge in [0.25, 0.3) is 0 Å². The van der Waals surface area contributed by atoms with Crippen LogP contribution in [0.1, 0.15) is 30.5 Å². The predicted molar refractivity (Wildman–Crippen MR) is 70.5 cm³/mol. The van der Waals surface area contributed by atoms with Gasteiger partial charge in [0.2, 0.25) is 0 Å². The van der Waals surface area contributed by atoms with E-state index in [1.165, 1.54) is 6.07 Å². The molecule has 3 N–H and O–H groups in total. The summed E-state index contributed by atoms with van der Waals surface area (Å²) in [6.07, 6.45) is 0.0681. The summed E-state index contributed by atoms with van der Waals surface area (Å²) >= 11 is 0. The highest BCUT2D eigenvalue weighted by Crippen LogP contribution is 2.23. The number of carboxylic acid groups (broad SMARTS) is 1. The van der Waals surface area contributed by atoms with E-state index in [1.807, 2.05) is 13.0 Å². The zero-order valence-corrected chi connectivity index (χ0v) is 11.2. The maximum absolute atomic E-state index is 13.5. The van der Waals surface area contributed by atoms with E-state index in [2.05, 4.69) is 10.6 Å². The molecular formula is C14H19FN2O2. The van der Waals surface area contributed by atoms with Crippen LogP contribution in [0, 0.1) is 12.7 Å². The van der Waals surface area contributed by atoms with Crippen LogP contribution >= 0.6 is 0 Å². The summed E-state index contributed by atoms with van der Waals surface area (Å²) in [6.45, 7) is 4.89. The Kier molecular flexibility index (Phi) is 3.87.